The van der Waals surface area contributed by atoms with Crippen molar-refractivity contribution in [2.24, 2.45) is 0 Å². The Labute approximate surface area is 201 Å². The Hall–Kier alpha value is -2.91. The average molecular weight is 486 g/mol. The molecule has 0 aliphatic carbocycles. The Balaban J connectivity index is 1.43. The molecule has 1 saturated heterocycles. The van der Waals surface area contributed by atoms with Crippen LogP contribution in [-0.4, -0.2) is 57.3 Å². The van der Waals surface area contributed by atoms with Gasteiger partial charge >= 0.3 is 0 Å². The Kier molecular flexibility index (Phi) is 7.23. The highest BCUT2D eigenvalue weighted by Gasteiger charge is 2.27. The van der Waals surface area contributed by atoms with Crippen LogP contribution in [0, 0.1) is 0 Å². The van der Waals surface area contributed by atoms with Gasteiger partial charge < -0.3 is 14.5 Å². The second kappa shape index (κ2) is 10.1. The van der Waals surface area contributed by atoms with Crippen LogP contribution in [-0.2, 0) is 26.0 Å². The molecule has 4 rings (SSSR count). The van der Waals surface area contributed by atoms with Gasteiger partial charge in [-0.2, -0.15) is 4.31 Å². The van der Waals surface area contributed by atoms with E-state index in [0.29, 0.717) is 31.8 Å². The van der Waals surface area contributed by atoms with Crippen LogP contribution in [0.3, 0.4) is 0 Å². The molecule has 2 aliphatic heterocycles. The van der Waals surface area contributed by atoms with Crippen molar-refractivity contribution in [3.8, 4) is 5.75 Å². The summed E-state index contributed by atoms with van der Waals surface area (Å²) in [6.45, 7) is 5.62. The molecule has 1 fully saturated rings. The zero-order chi connectivity index (χ0) is 24.3. The van der Waals surface area contributed by atoms with Gasteiger partial charge in [0, 0.05) is 44.0 Å². The standard InChI is InChI=1S/C25H31N3O5S/c1-3-26(4-2)34(31,32)22-13-14-23-19(17-22)7-5-16-28(23)25(30)18-33-21-11-9-20(10-12-21)27-15-6-8-24(27)29/h9-14,17H,3-8,15-16,18H2,1-2H3. The monoisotopic (exact) mass is 485 g/mol. The van der Waals surface area contributed by atoms with E-state index in [1.165, 1.54) is 4.31 Å². The topological polar surface area (TPSA) is 87.2 Å². The van der Waals surface area contributed by atoms with E-state index in [1.807, 2.05) is 26.0 Å². The molecule has 2 aliphatic rings. The number of hydrogen-bond acceptors (Lipinski definition) is 5. The molecule has 0 radical (unpaired) electrons. The molecule has 2 heterocycles. The minimum absolute atomic E-state index is 0.124. The smallest absolute Gasteiger partial charge is 0.264 e. The summed E-state index contributed by atoms with van der Waals surface area (Å²) >= 11 is 0. The molecule has 0 atom stereocenters. The highest BCUT2D eigenvalue weighted by molar-refractivity contribution is 7.89. The molecule has 34 heavy (non-hydrogen) atoms. The second-order valence-corrected chi connectivity index (χ2v) is 10.4. The lowest BCUT2D eigenvalue weighted by Gasteiger charge is -2.30. The third kappa shape index (κ3) is 4.81. The van der Waals surface area contributed by atoms with Crippen molar-refractivity contribution >= 4 is 33.2 Å². The fourth-order valence-corrected chi connectivity index (χ4v) is 6.08. The van der Waals surface area contributed by atoms with Crippen LogP contribution >= 0.6 is 0 Å². The molecule has 0 saturated carbocycles. The fourth-order valence-electron chi connectivity index (χ4n) is 4.57. The third-order valence-corrected chi connectivity index (χ3v) is 8.44. The average Bonchev–Trinajstić information content (AvgIpc) is 3.28. The van der Waals surface area contributed by atoms with E-state index in [2.05, 4.69) is 0 Å². The first-order valence-corrected chi connectivity index (χ1v) is 13.3. The van der Waals surface area contributed by atoms with Crippen LogP contribution in [0.15, 0.2) is 47.4 Å². The van der Waals surface area contributed by atoms with Crippen molar-refractivity contribution in [1.29, 1.82) is 0 Å². The first-order valence-electron chi connectivity index (χ1n) is 11.8. The Morgan fingerprint density at radius 1 is 1.00 bits per heavy atom. The summed E-state index contributed by atoms with van der Waals surface area (Å²) in [4.78, 5) is 28.5. The molecule has 0 spiro atoms. The van der Waals surface area contributed by atoms with E-state index in [0.717, 1.165) is 42.7 Å². The van der Waals surface area contributed by atoms with E-state index in [9.17, 15) is 18.0 Å². The molecular formula is C25H31N3O5S. The molecule has 2 amide bonds. The minimum Gasteiger partial charge on any atom is -0.484 e. The third-order valence-electron chi connectivity index (χ3n) is 6.40. The van der Waals surface area contributed by atoms with Crippen molar-refractivity contribution in [1.82, 2.24) is 4.31 Å². The number of aryl methyl sites for hydroxylation is 1. The molecule has 9 heteroatoms. The molecule has 0 unspecified atom stereocenters. The lowest BCUT2D eigenvalue weighted by Crippen LogP contribution is -2.39. The molecule has 0 bridgehead atoms. The molecule has 0 aromatic heterocycles. The summed E-state index contributed by atoms with van der Waals surface area (Å²) in [7, 11) is -3.55. The van der Waals surface area contributed by atoms with Crippen molar-refractivity contribution in [3.63, 3.8) is 0 Å². The van der Waals surface area contributed by atoms with Crippen molar-refractivity contribution in [2.75, 3.05) is 42.6 Å². The number of carbonyl (C=O) groups is 2. The van der Waals surface area contributed by atoms with Gasteiger partial charge in [0.15, 0.2) is 6.61 Å². The van der Waals surface area contributed by atoms with Gasteiger partial charge in [0.1, 0.15) is 5.75 Å². The number of benzene rings is 2. The number of amides is 2. The molecule has 182 valence electrons. The zero-order valence-electron chi connectivity index (χ0n) is 19.7. The predicted octanol–water partition coefficient (Wildman–Crippen LogP) is 3.20. The number of anilines is 2. The zero-order valence-corrected chi connectivity index (χ0v) is 20.5. The number of carbonyl (C=O) groups excluding carboxylic acids is 2. The first-order chi connectivity index (χ1) is 16.3. The summed E-state index contributed by atoms with van der Waals surface area (Å²) in [5.41, 5.74) is 2.43. The number of rotatable bonds is 8. The van der Waals surface area contributed by atoms with E-state index in [1.54, 1.807) is 40.1 Å². The van der Waals surface area contributed by atoms with Gasteiger partial charge in [0.2, 0.25) is 15.9 Å². The van der Waals surface area contributed by atoms with Gasteiger partial charge in [-0.25, -0.2) is 8.42 Å². The highest BCUT2D eigenvalue weighted by Crippen LogP contribution is 2.31. The van der Waals surface area contributed by atoms with Crippen molar-refractivity contribution < 1.29 is 22.7 Å². The quantitative estimate of drug-likeness (QED) is 0.573. The predicted molar refractivity (Wildman–Crippen MR) is 131 cm³/mol. The molecular weight excluding hydrogens is 454 g/mol. The van der Waals surface area contributed by atoms with Crippen LogP contribution in [0.1, 0.15) is 38.7 Å². The summed E-state index contributed by atoms with van der Waals surface area (Å²) in [5, 5.41) is 0. The Morgan fingerprint density at radius 3 is 2.35 bits per heavy atom. The van der Waals surface area contributed by atoms with Gasteiger partial charge in [-0.15, -0.1) is 0 Å². The largest absolute Gasteiger partial charge is 0.484 e. The van der Waals surface area contributed by atoms with Gasteiger partial charge in [0.25, 0.3) is 5.91 Å². The molecule has 2 aromatic carbocycles. The van der Waals surface area contributed by atoms with Crippen molar-refractivity contribution in [3.05, 3.63) is 48.0 Å². The number of hydrogen-bond donors (Lipinski definition) is 0. The van der Waals surface area contributed by atoms with Crippen LogP contribution < -0.4 is 14.5 Å². The SMILES string of the molecule is CCN(CC)S(=O)(=O)c1ccc2c(c1)CCCN2C(=O)COc1ccc(N2CCCC2=O)cc1. The van der Waals surface area contributed by atoms with E-state index < -0.39 is 10.0 Å². The van der Waals surface area contributed by atoms with E-state index >= 15 is 0 Å². The Bertz CT molecular complexity index is 1160. The van der Waals surface area contributed by atoms with E-state index in [-0.39, 0.29) is 23.3 Å². The maximum atomic E-state index is 13.0. The Morgan fingerprint density at radius 2 is 1.71 bits per heavy atom. The van der Waals surface area contributed by atoms with Crippen LogP contribution in [0.5, 0.6) is 5.75 Å². The molecule has 2 aromatic rings. The highest BCUT2D eigenvalue weighted by atomic mass is 32.2. The van der Waals surface area contributed by atoms with Crippen molar-refractivity contribution in [2.45, 2.75) is 44.4 Å². The van der Waals surface area contributed by atoms with Gasteiger partial charge in [-0.1, -0.05) is 13.8 Å². The summed E-state index contributed by atoms with van der Waals surface area (Å²) in [6, 6.07) is 12.2. The summed E-state index contributed by atoms with van der Waals surface area (Å²) < 4.78 is 32.9. The van der Waals surface area contributed by atoms with E-state index in [4.69, 9.17) is 4.74 Å². The number of nitrogens with zero attached hydrogens (tertiary/aromatic N) is 3. The normalized spacial score (nSPS) is 16.1. The number of fused-ring (bicyclic) bond motifs is 1. The molecule has 0 N–H and O–H groups in total. The maximum Gasteiger partial charge on any atom is 0.264 e. The van der Waals surface area contributed by atoms with Crippen LogP contribution in [0.4, 0.5) is 11.4 Å². The molecule has 8 nitrogen and oxygen atoms in total. The van der Waals surface area contributed by atoms with Crippen LogP contribution in [0.25, 0.3) is 0 Å². The summed E-state index contributed by atoms with van der Waals surface area (Å²) in [5.74, 6) is 0.501. The minimum atomic E-state index is -3.55. The van der Waals surface area contributed by atoms with Crippen LogP contribution in [0.2, 0.25) is 0 Å². The lowest BCUT2D eigenvalue weighted by atomic mass is 10.0. The lowest BCUT2D eigenvalue weighted by molar-refractivity contribution is -0.120. The first kappa shape index (κ1) is 24.2. The fraction of sp³-hybridized carbons (Fsp3) is 0.440. The summed E-state index contributed by atoms with van der Waals surface area (Å²) in [6.07, 6.45) is 2.92. The second-order valence-electron chi connectivity index (χ2n) is 8.46. The van der Waals surface area contributed by atoms with Gasteiger partial charge in [-0.05, 0) is 67.3 Å². The maximum absolute atomic E-state index is 13.0. The van der Waals surface area contributed by atoms with Gasteiger partial charge in [0.05, 0.1) is 4.90 Å². The number of sulfonamides is 1. The number of ether oxygens (including phenoxy) is 1. The van der Waals surface area contributed by atoms with Gasteiger partial charge in [-0.3, -0.25) is 9.59 Å².